The third-order valence-corrected chi connectivity index (χ3v) is 3.44. The van der Waals surface area contributed by atoms with Crippen LogP contribution in [-0.4, -0.2) is 18.2 Å². The molecule has 0 saturated carbocycles. The molecule has 0 aliphatic rings. The molecule has 2 rings (SSSR count). The summed E-state index contributed by atoms with van der Waals surface area (Å²) in [5.41, 5.74) is 2.21. The van der Waals surface area contributed by atoms with Crippen molar-refractivity contribution in [3.63, 3.8) is 0 Å². The van der Waals surface area contributed by atoms with Gasteiger partial charge in [0.25, 0.3) is 5.91 Å². The highest BCUT2D eigenvalue weighted by Crippen LogP contribution is 2.10. The molecule has 0 heterocycles. The van der Waals surface area contributed by atoms with E-state index in [0.717, 1.165) is 5.56 Å². The van der Waals surface area contributed by atoms with Crippen LogP contribution in [-0.2, 0) is 9.59 Å². The van der Waals surface area contributed by atoms with Crippen LogP contribution in [0.1, 0.15) is 23.6 Å². The summed E-state index contributed by atoms with van der Waals surface area (Å²) >= 11 is 0. The largest absolute Gasteiger partial charge is 0.348 e. The van der Waals surface area contributed by atoms with Gasteiger partial charge in [-0.2, -0.15) is 5.26 Å². The fourth-order valence-corrected chi connectivity index (χ4v) is 2.20. The summed E-state index contributed by atoms with van der Waals surface area (Å²) < 4.78 is 0. The fraction of sp³-hybridized carbons (Fsp3) is 0.0952. The van der Waals surface area contributed by atoms with Gasteiger partial charge in [-0.15, -0.1) is 0 Å². The van der Waals surface area contributed by atoms with Crippen molar-refractivity contribution in [2.24, 2.45) is 0 Å². The predicted molar refractivity (Wildman–Crippen MR) is 98.3 cm³/mol. The zero-order valence-electron chi connectivity index (χ0n) is 13.9. The predicted octanol–water partition coefficient (Wildman–Crippen LogP) is 3.36. The lowest BCUT2D eigenvalue weighted by molar-refractivity contribution is -0.121. The van der Waals surface area contributed by atoms with Gasteiger partial charge in [0.05, 0.1) is 17.2 Å². The lowest BCUT2D eigenvalue weighted by Gasteiger charge is -2.05. The molecule has 124 valence electrons. The zero-order valence-corrected chi connectivity index (χ0v) is 13.9. The quantitative estimate of drug-likeness (QED) is 0.501. The first-order valence-electron chi connectivity index (χ1n) is 7.83. The topological polar surface area (TPSA) is 70.0 Å². The highest BCUT2D eigenvalue weighted by Gasteiger charge is 2.13. The molecule has 0 radical (unpaired) electrons. The van der Waals surface area contributed by atoms with E-state index in [1.54, 1.807) is 24.3 Å². The van der Waals surface area contributed by atoms with E-state index in [0.29, 0.717) is 17.7 Å². The van der Waals surface area contributed by atoms with Crippen LogP contribution >= 0.6 is 0 Å². The van der Waals surface area contributed by atoms with Gasteiger partial charge < -0.3 is 5.32 Å². The molecule has 0 bridgehead atoms. The highest BCUT2D eigenvalue weighted by molar-refractivity contribution is 6.21. The molecule has 1 amide bonds. The molecule has 25 heavy (non-hydrogen) atoms. The van der Waals surface area contributed by atoms with Gasteiger partial charge in [0.1, 0.15) is 0 Å². The zero-order chi connectivity index (χ0) is 18.1. The van der Waals surface area contributed by atoms with Crippen molar-refractivity contribution >= 4 is 23.8 Å². The maximum absolute atomic E-state index is 12.3. The first-order valence-corrected chi connectivity index (χ1v) is 7.83. The number of amides is 1. The Morgan fingerprint density at radius 1 is 1.08 bits per heavy atom. The summed E-state index contributed by atoms with van der Waals surface area (Å²) in [4.78, 5) is 24.0. The van der Waals surface area contributed by atoms with E-state index in [2.05, 4.69) is 5.32 Å². The molecule has 0 spiro atoms. The van der Waals surface area contributed by atoms with Crippen molar-refractivity contribution in [3.05, 3.63) is 82.9 Å². The Bertz CT molecular complexity index is 859. The second-order valence-corrected chi connectivity index (χ2v) is 5.37. The third-order valence-electron chi connectivity index (χ3n) is 3.44. The van der Waals surface area contributed by atoms with Crippen molar-refractivity contribution in [1.82, 2.24) is 5.32 Å². The summed E-state index contributed by atoms with van der Waals surface area (Å²) in [5, 5.41) is 11.6. The number of nitriles is 1. The molecule has 2 aromatic carbocycles. The van der Waals surface area contributed by atoms with Gasteiger partial charge in [-0.1, -0.05) is 54.6 Å². The standard InChI is InChI=1S/C21H18N2O2/c1-16(24)20(14-18-9-5-10-19(13-18)15-22)21(25)23-12-6-11-17-7-3-2-4-8-17/h2-11,13-14H,12H2,1H3,(H,23,25)/b11-6+,20-14-. The highest BCUT2D eigenvalue weighted by atomic mass is 16.2. The number of Topliss-reactive ketones (excluding diaryl/α,β-unsaturated/α-hetero) is 1. The van der Waals surface area contributed by atoms with Crippen LogP contribution in [0.4, 0.5) is 0 Å². The molecule has 0 aromatic heterocycles. The van der Waals surface area contributed by atoms with E-state index in [4.69, 9.17) is 5.26 Å². The van der Waals surface area contributed by atoms with Crippen molar-refractivity contribution in [2.45, 2.75) is 6.92 Å². The third kappa shape index (κ3) is 5.60. The van der Waals surface area contributed by atoms with E-state index in [1.165, 1.54) is 13.0 Å². The van der Waals surface area contributed by atoms with Gasteiger partial charge in [-0.05, 0) is 36.3 Å². The number of benzene rings is 2. The fourth-order valence-electron chi connectivity index (χ4n) is 2.20. The van der Waals surface area contributed by atoms with Crippen LogP contribution in [0.2, 0.25) is 0 Å². The Kier molecular flexibility index (Phi) is 6.44. The summed E-state index contributed by atoms with van der Waals surface area (Å²) in [7, 11) is 0. The van der Waals surface area contributed by atoms with Crippen LogP contribution < -0.4 is 5.32 Å². The van der Waals surface area contributed by atoms with E-state index in [1.807, 2.05) is 48.6 Å². The number of nitrogens with one attached hydrogen (secondary N) is 1. The normalized spacial score (nSPS) is 11.1. The van der Waals surface area contributed by atoms with Crippen LogP contribution in [0.5, 0.6) is 0 Å². The van der Waals surface area contributed by atoms with Gasteiger partial charge in [0, 0.05) is 6.54 Å². The number of carbonyl (C=O) groups excluding carboxylic acids is 2. The first kappa shape index (κ1) is 17.9. The average molecular weight is 330 g/mol. The number of rotatable bonds is 6. The molecule has 0 fully saturated rings. The summed E-state index contributed by atoms with van der Waals surface area (Å²) in [6.07, 6.45) is 5.22. The van der Waals surface area contributed by atoms with Crippen LogP contribution in [0.25, 0.3) is 12.2 Å². The molecule has 0 aliphatic heterocycles. The lowest BCUT2D eigenvalue weighted by atomic mass is 10.1. The molecular formula is C21H18N2O2. The molecular weight excluding hydrogens is 312 g/mol. The maximum Gasteiger partial charge on any atom is 0.255 e. The van der Waals surface area contributed by atoms with E-state index >= 15 is 0 Å². The Hall–Kier alpha value is -3.45. The van der Waals surface area contributed by atoms with Gasteiger partial charge >= 0.3 is 0 Å². The van der Waals surface area contributed by atoms with E-state index < -0.39 is 5.91 Å². The second kappa shape index (κ2) is 8.99. The molecule has 0 aliphatic carbocycles. The van der Waals surface area contributed by atoms with Crippen molar-refractivity contribution in [2.75, 3.05) is 6.54 Å². The molecule has 2 aromatic rings. The monoisotopic (exact) mass is 330 g/mol. The first-order chi connectivity index (χ1) is 12.1. The minimum absolute atomic E-state index is 0.0585. The summed E-state index contributed by atoms with van der Waals surface area (Å²) in [6.45, 7) is 1.66. The number of hydrogen-bond acceptors (Lipinski definition) is 3. The minimum atomic E-state index is -0.437. The number of hydrogen-bond donors (Lipinski definition) is 1. The van der Waals surface area contributed by atoms with Gasteiger partial charge in [0.15, 0.2) is 5.78 Å². The van der Waals surface area contributed by atoms with Gasteiger partial charge in [-0.25, -0.2) is 0 Å². The molecule has 4 nitrogen and oxygen atoms in total. The Labute approximate surface area is 147 Å². The Balaban J connectivity index is 2.05. The molecule has 0 atom stereocenters. The Morgan fingerprint density at radius 2 is 1.80 bits per heavy atom. The van der Waals surface area contributed by atoms with Crippen molar-refractivity contribution < 1.29 is 9.59 Å². The second-order valence-electron chi connectivity index (χ2n) is 5.37. The van der Waals surface area contributed by atoms with E-state index in [9.17, 15) is 9.59 Å². The Morgan fingerprint density at radius 3 is 2.48 bits per heavy atom. The van der Waals surface area contributed by atoms with Crippen LogP contribution in [0.15, 0.2) is 66.2 Å². The maximum atomic E-state index is 12.3. The van der Waals surface area contributed by atoms with Gasteiger partial charge in [-0.3, -0.25) is 9.59 Å². The minimum Gasteiger partial charge on any atom is -0.348 e. The number of ketones is 1. The number of carbonyl (C=O) groups is 2. The van der Waals surface area contributed by atoms with Gasteiger partial charge in [0.2, 0.25) is 0 Å². The smallest absolute Gasteiger partial charge is 0.255 e. The summed E-state index contributed by atoms with van der Waals surface area (Å²) in [6, 6.07) is 18.5. The number of nitrogens with zero attached hydrogens (tertiary/aromatic N) is 1. The van der Waals surface area contributed by atoms with Crippen molar-refractivity contribution in [1.29, 1.82) is 5.26 Å². The molecule has 0 saturated heterocycles. The van der Waals surface area contributed by atoms with Crippen LogP contribution in [0.3, 0.4) is 0 Å². The molecule has 0 unspecified atom stereocenters. The molecule has 1 N–H and O–H groups in total. The average Bonchev–Trinajstić information content (AvgIpc) is 2.64. The lowest BCUT2D eigenvalue weighted by Crippen LogP contribution is -2.27. The SMILES string of the molecule is CC(=O)/C(=C/c1cccc(C#N)c1)C(=O)NC/C=C/c1ccccc1. The van der Waals surface area contributed by atoms with E-state index in [-0.39, 0.29) is 11.4 Å². The van der Waals surface area contributed by atoms with Crippen molar-refractivity contribution in [3.8, 4) is 6.07 Å². The summed E-state index contributed by atoms with van der Waals surface area (Å²) in [5.74, 6) is -0.764. The van der Waals surface area contributed by atoms with Crippen LogP contribution in [0, 0.1) is 11.3 Å². The molecule has 4 heteroatoms.